The largest absolute Gasteiger partial charge is 0.492 e. The van der Waals surface area contributed by atoms with Crippen LogP contribution in [-0.4, -0.2) is 28.8 Å². The summed E-state index contributed by atoms with van der Waals surface area (Å²) < 4.78 is 7.28. The van der Waals surface area contributed by atoms with Gasteiger partial charge in [-0.1, -0.05) is 35.9 Å². The first-order chi connectivity index (χ1) is 12.7. The lowest BCUT2D eigenvalue weighted by Crippen LogP contribution is -2.26. The fraction of sp³-hybridized carbons (Fsp3) is 0.100. The molecule has 26 heavy (non-hydrogen) atoms. The van der Waals surface area contributed by atoms with Gasteiger partial charge in [0.2, 0.25) is 5.91 Å². The first-order valence-corrected chi connectivity index (χ1v) is 8.53. The third kappa shape index (κ3) is 5.22. The lowest BCUT2D eigenvalue weighted by Gasteiger charge is -2.06. The smallest absolute Gasteiger partial charge is 0.244 e. The number of ether oxygens (including phenoxy) is 1. The Morgan fingerprint density at radius 2 is 2.04 bits per heavy atom. The standard InChI is InChI=1S/C20H18ClN3O2/c21-17-5-4-8-19(13-17)26-12-11-22-20(25)10-9-16-14-23-24(15-16)18-6-2-1-3-7-18/h1-10,13-15H,11-12H2,(H,22,25). The number of rotatable bonds is 7. The SMILES string of the molecule is O=C(C=Cc1cnn(-c2ccccc2)c1)NCCOc1cccc(Cl)c1. The Balaban J connectivity index is 1.44. The molecule has 132 valence electrons. The van der Waals surface area contributed by atoms with Gasteiger partial charge < -0.3 is 10.1 Å². The van der Waals surface area contributed by atoms with Gasteiger partial charge in [0.25, 0.3) is 0 Å². The van der Waals surface area contributed by atoms with Crippen LogP contribution in [-0.2, 0) is 4.79 Å². The van der Waals surface area contributed by atoms with E-state index in [-0.39, 0.29) is 5.91 Å². The van der Waals surface area contributed by atoms with Crippen LogP contribution in [0.1, 0.15) is 5.56 Å². The Bertz CT molecular complexity index is 891. The maximum atomic E-state index is 11.9. The zero-order valence-electron chi connectivity index (χ0n) is 14.0. The average Bonchev–Trinajstić information content (AvgIpc) is 3.13. The number of aromatic nitrogens is 2. The number of nitrogens with zero attached hydrogens (tertiary/aromatic N) is 2. The van der Waals surface area contributed by atoms with Crippen LogP contribution in [0, 0.1) is 0 Å². The van der Waals surface area contributed by atoms with Crippen LogP contribution < -0.4 is 10.1 Å². The summed E-state index contributed by atoms with van der Waals surface area (Å²) in [5.41, 5.74) is 1.81. The molecule has 6 heteroatoms. The average molecular weight is 368 g/mol. The number of nitrogens with one attached hydrogen (secondary N) is 1. The number of para-hydroxylation sites is 1. The molecule has 0 aliphatic carbocycles. The minimum Gasteiger partial charge on any atom is -0.492 e. The van der Waals surface area contributed by atoms with Crippen molar-refractivity contribution in [3.63, 3.8) is 0 Å². The fourth-order valence-electron chi connectivity index (χ4n) is 2.28. The fourth-order valence-corrected chi connectivity index (χ4v) is 2.46. The molecule has 1 N–H and O–H groups in total. The van der Waals surface area contributed by atoms with E-state index in [2.05, 4.69) is 10.4 Å². The van der Waals surface area contributed by atoms with Gasteiger partial charge in [-0.05, 0) is 36.4 Å². The van der Waals surface area contributed by atoms with Crippen LogP contribution in [0.25, 0.3) is 11.8 Å². The number of halogens is 1. The molecule has 5 nitrogen and oxygen atoms in total. The molecule has 2 aromatic carbocycles. The summed E-state index contributed by atoms with van der Waals surface area (Å²) >= 11 is 5.88. The molecule has 3 aromatic rings. The second-order valence-corrected chi connectivity index (χ2v) is 5.92. The number of carbonyl (C=O) groups excluding carboxylic acids is 1. The molecule has 0 spiro atoms. The molecule has 1 amide bonds. The summed E-state index contributed by atoms with van der Waals surface area (Å²) in [4.78, 5) is 11.9. The van der Waals surface area contributed by atoms with Gasteiger partial charge in [0.1, 0.15) is 12.4 Å². The van der Waals surface area contributed by atoms with E-state index in [1.165, 1.54) is 6.08 Å². The van der Waals surface area contributed by atoms with Crippen LogP contribution in [0.2, 0.25) is 5.02 Å². The predicted molar refractivity (Wildman–Crippen MR) is 103 cm³/mol. The summed E-state index contributed by atoms with van der Waals surface area (Å²) in [5, 5.41) is 7.66. The molecule has 1 aromatic heterocycles. The van der Waals surface area contributed by atoms with Crippen molar-refractivity contribution >= 4 is 23.6 Å². The number of benzene rings is 2. The molecule has 0 radical (unpaired) electrons. The molecule has 3 rings (SSSR count). The molecule has 0 aliphatic rings. The second kappa shape index (κ2) is 8.87. The molecule has 0 unspecified atom stereocenters. The lowest BCUT2D eigenvalue weighted by atomic mass is 10.3. The van der Waals surface area contributed by atoms with E-state index in [1.54, 1.807) is 29.1 Å². The van der Waals surface area contributed by atoms with E-state index < -0.39 is 0 Å². The Kier molecular flexibility index (Phi) is 6.06. The molecule has 0 atom stereocenters. The summed E-state index contributed by atoms with van der Waals surface area (Å²) in [6.45, 7) is 0.769. The predicted octanol–water partition coefficient (Wildman–Crippen LogP) is 3.73. The summed E-state index contributed by atoms with van der Waals surface area (Å²) in [6.07, 6.45) is 6.77. The van der Waals surface area contributed by atoms with Gasteiger partial charge in [0, 0.05) is 22.9 Å². The maximum Gasteiger partial charge on any atom is 0.244 e. The minimum absolute atomic E-state index is 0.188. The topological polar surface area (TPSA) is 56.2 Å². The summed E-state index contributed by atoms with van der Waals surface area (Å²) in [7, 11) is 0. The van der Waals surface area contributed by atoms with E-state index in [0.29, 0.717) is 23.9 Å². The molecular formula is C20H18ClN3O2. The van der Waals surface area contributed by atoms with Crippen molar-refractivity contribution in [1.82, 2.24) is 15.1 Å². The number of hydrogen-bond donors (Lipinski definition) is 1. The quantitative estimate of drug-likeness (QED) is 0.511. The number of hydrogen-bond acceptors (Lipinski definition) is 3. The Morgan fingerprint density at radius 3 is 2.85 bits per heavy atom. The van der Waals surface area contributed by atoms with Crippen molar-refractivity contribution in [2.24, 2.45) is 0 Å². The highest BCUT2D eigenvalue weighted by molar-refractivity contribution is 6.30. The van der Waals surface area contributed by atoms with E-state index >= 15 is 0 Å². The van der Waals surface area contributed by atoms with Crippen LogP contribution in [0.4, 0.5) is 0 Å². The van der Waals surface area contributed by atoms with Crippen molar-refractivity contribution in [3.8, 4) is 11.4 Å². The Morgan fingerprint density at radius 1 is 1.19 bits per heavy atom. The second-order valence-electron chi connectivity index (χ2n) is 5.48. The number of amides is 1. The molecule has 0 saturated carbocycles. The van der Waals surface area contributed by atoms with Crippen LogP contribution >= 0.6 is 11.6 Å². The van der Waals surface area contributed by atoms with Crippen molar-refractivity contribution in [2.75, 3.05) is 13.2 Å². The normalized spacial score (nSPS) is 10.8. The highest BCUT2D eigenvalue weighted by Crippen LogP contribution is 2.16. The van der Waals surface area contributed by atoms with E-state index in [9.17, 15) is 4.79 Å². The first-order valence-electron chi connectivity index (χ1n) is 8.15. The molecule has 1 heterocycles. The maximum absolute atomic E-state index is 11.9. The van der Waals surface area contributed by atoms with Gasteiger partial charge in [-0.3, -0.25) is 4.79 Å². The van der Waals surface area contributed by atoms with Crippen LogP contribution in [0.5, 0.6) is 5.75 Å². The van der Waals surface area contributed by atoms with E-state index in [1.807, 2.05) is 48.7 Å². The minimum atomic E-state index is -0.188. The third-order valence-electron chi connectivity index (χ3n) is 3.52. The van der Waals surface area contributed by atoms with Gasteiger partial charge >= 0.3 is 0 Å². The van der Waals surface area contributed by atoms with Crippen molar-refractivity contribution in [2.45, 2.75) is 0 Å². The highest BCUT2D eigenvalue weighted by atomic mass is 35.5. The van der Waals surface area contributed by atoms with Gasteiger partial charge in [-0.2, -0.15) is 5.10 Å². The molecular weight excluding hydrogens is 350 g/mol. The van der Waals surface area contributed by atoms with Crippen LogP contribution in [0.15, 0.2) is 73.1 Å². The van der Waals surface area contributed by atoms with Gasteiger partial charge in [0.15, 0.2) is 0 Å². The van der Waals surface area contributed by atoms with Crippen molar-refractivity contribution in [3.05, 3.63) is 83.7 Å². The monoisotopic (exact) mass is 367 g/mol. The molecule has 0 bridgehead atoms. The van der Waals surface area contributed by atoms with Gasteiger partial charge in [0.05, 0.1) is 18.4 Å². The summed E-state index contributed by atoms with van der Waals surface area (Å²) in [5.74, 6) is 0.489. The first kappa shape index (κ1) is 17.8. The van der Waals surface area contributed by atoms with Crippen molar-refractivity contribution in [1.29, 1.82) is 0 Å². The van der Waals surface area contributed by atoms with E-state index in [4.69, 9.17) is 16.3 Å². The lowest BCUT2D eigenvalue weighted by molar-refractivity contribution is -0.116. The molecule has 0 aliphatic heterocycles. The Hall–Kier alpha value is -3.05. The highest BCUT2D eigenvalue weighted by Gasteiger charge is 2.00. The summed E-state index contributed by atoms with van der Waals surface area (Å²) in [6, 6.07) is 16.9. The Labute approximate surface area is 156 Å². The zero-order chi connectivity index (χ0) is 18.2. The van der Waals surface area contributed by atoms with Crippen LogP contribution in [0.3, 0.4) is 0 Å². The van der Waals surface area contributed by atoms with Gasteiger partial charge in [-0.15, -0.1) is 0 Å². The van der Waals surface area contributed by atoms with Gasteiger partial charge in [-0.25, -0.2) is 4.68 Å². The molecule has 0 saturated heterocycles. The van der Waals surface area contributed by atoms with E-state index in [0.717, 1.165) is 11.3 Å². The zero-order valence-corrected chi connectivity index (χ0v) is 14.8. The number of carbonyl (C=O) groups is 1. The molecule has 0 fully saturated rings. The van der Waals surface area contributed by atoms with Crippen molar-refractivity contribution < 1.29 is 9.53 Å². The third-order valence-corrected chi connectivity index (χ3v) is 3.75.